The number of imide groups is 1. The fraction of sp³-hybridized carbons (Fsp3) is 0.812. The molecular weight excluding hydrogens is 282 g/mol. The molecule has 4 bridgehead atoms. The SMILES string of the molecule is NCCCN(C=O)C(=O)C(=O)NC12CC3CC(CC(C3)C1)C2. The van der Waals surface area contributed by atoms with Gasteiger partial charge in [-0.05, 0) is 69.2 Å². The lowest BCUT2D eigenvalue weighted by Crippen LogP contribution is -2.61. The second-order valence-corrected chi connectivity index (χ2v) is 7.40. The maximum absolute atomic E-state index is 12.3. The summed E-state index contributed by atoms with van der Waals surface area (Å²) in [5, 5.41) is 3.00. The van der Waals surface area contributed by atoms with Crippen LogP contribution in [0.1, 0.15) is 44.9 Å². The second kappa shape index (κ2) is 5.99. The molecule has 4 rings (SSSR count). The Hall–Kier alpha value is -1.43. The predicted octanol–water partition coefficient (Wildman–Crippen LogP) is 0.405. The van der Waals surface area contributed by atoms with E-state index in [1.54, 1.807) is 0 Å². The largest absolute Gasteiger partial charge is 0.342 e. The Morgan fingerprint density at radius 3 is 2.14 bits per heavy atom. The quantitative estimate of drug-likeness (QED) is 0.568. The Morgan fingerprint density at radius 1 is 1.14 bits per heavy atom. The third-order valence-corrected chi connectivity index (χ3v) is 5.60. The minimum Gasteiger partial charge on any atom is -0.342 e. The maximum atomic E-state index is 12.3. The first-order valence-electron chi connectivity index (χ1n) is 8.34. The molecule has 122 valence electrons. The molecule has 0 aliphatic heterocycles. The molecule has 4 saturated carbocycles. The van der Waals surface area contributed by atoms with Gasteiger partial charge in [0.25, 0.3) is 0 Å². The lowest BCUT2D eigenvalue weighted by atomic mass is 9.53. The molecule has 3 amide bonds. The number of nitrogens with zero attached hydrogens (tertiary/aromatic N) is 1. The van der Waals surface area contributed by atoms with E-state index in [1.165, 1.54) is 19.3 Å². The van der Waals surface area contributed by atoms with Crippen LogP contribution in [0, 0.1) is 17.8 Å². The van der Waals surface area contributed by atoms with E-state index in [0.29, 0.717) is 37.1 Å². The van der Waals surface area contributed by atoms with Crippen LogP contribution in [-0.2, 0) is 14.4 Å². The number of nitrogens with two attached hydrogens (primary N) is 1. The number of carbonyl (C=O) groups excluding carboxylic acids is 3. The zero-order valence-electron chi connectivity index (χ0n) is 12.9. The summed E-state index contributed by atoms with van der Waals surface area (Å²) in [6, 6.07) is 0. The first-order valence-corrected chi connectivity index (χ1v) is 8.34. The molecule has 6 heteroatoms. The number of amides is 3. The number of hydrogen-bond donors (Lipinski definition) is 2. The Morgan fingerprint density at radius 2 is 1.68 bits per heavy atom. The standard InChI is InChI=1S/C16H25N3O3/c17-2-1-3-19(10-20)15(22)14(21)18-16-7-11-4-12(8-16)6-13(5-11)9-16/h10-13H,1-9,17H2,(H,18,21). The fourth-order valence-corrected chi connectivity index (χ4v) is 5.15. The van der Waals surface area contributed by atoms with Gasteiger partial charge >= 0.3 is 11.8 Å². The van der Waals surface area contributed by atoms with Gasteiger partial charge < -0.3 is 11.1 Å². The third-order valence-electron chi connectivity index (χ3n) is 5.60. The van der Waals surface area contributed by atoms with E-state index < -0.39 is 11.8 Å². The molecule has 0 unspecified atom stereocenters. The van der Waals surface area contributed by atoms with Gasteiger partial charge in [0.05, 0.1) is 0 Å². The first-order chi connectivity index (χ1) is 10.5. The first kappa shape index (κ1) is 15.5. The highest BCUT2D eigenvalue weighted by Crippen LogP contribution is 2.55. The molecule has 0 spiro atoms. The van der Waals surface area contributed by atoms with E-state index in [1.807, 2.05) is 0 Å². The van der Waals surface area contributed by atoms with Crippen LogP contribution >= 0.6 is 0 Å². The zero-order chi connectivity index (χ0) is 15.7. The molecule has 0 aromatic rings. The van der Waals surface area contributed by atoms with Crippen LogP contribution in [-0.4, -0.2) is 41.8 Å². The van der Waals surface area contributed by atoms with Crippen LogP contribution in [0.15, 0.2) is 0 Å². The van der Waals surface area contributed by atoms with Gasteiger partial charge in [0.15, 0.2) is 0 Å². The highest BCUT2D eigenvalue weighted by atomic mass is 16.2. The van der Waals surface area contributed by atoms with Gasteiger partial charge in [-0.1, -0.05) is 0 Å². The molecule has 3 N–H and O–H groups in total. The highest BCUT2D eigenvalue weighted by Gasteiger charge is 2.52. The summed E-state index contributed by atoms with van der Waals surface area (Å²) in [7, 11) is 0. The molecule has 0 heterocycles. The summed E-state index contributed by atoms with van der Waals surface area (Å²) in [5.74, 6) is 0.702. The van der Waals surface area contributed by atoms with Gasteiger partial charge in [-0.3, -0.25) is 19.3 Å². The van der Waals surface area contributed by atoms with Crippen molar-refractivity contribution in [2.45, 2.75) is 50.5 Å². The highest BCUT2D eigenvalue weighted by molar-refractivity contribution is 6.36. The third kappa shape index (κ3) is 2.89. The van der Waals surface area contributed by atoms with Crippen LogP contribution in [0.2, 0.25) is 0 Å². The van der Waals surface area contributed by atoms with Gasteiger partial charge in [-0.15, -0.1) is 0 Å². The molecule has 4 aliphatic rings. The molecule has 0 saturated heterocycles. The summed E-state index contributed by atoms with van der Waals surface area (Å²) in [6.07, 6.45) is 7.73. The van der Waals surface area contributed by atoms with Gasteiger partial charge in [0.1, 0.15) is 0 Å². The predicted molar refractivity (Wildman–Crippen MR) is 80.5 cm³/mol. The van der Waals surface area contributed by atoms with Crippen LogP contribution in [0.3, 0.4) is 0 Å². The smallest absolute Gasteiger partial charge is 0.318 e. The fourth-order valence-electron chi connectivity index (χ4n) is 5.15. The minimum atomic E-state index is -0.751. The average Bonchev–Trinajstić information content (AvgIpc) is 2.45. The van der Waals surface area contributed by atoms with Gasteiger partial charge in [0.2, 0.25) is 6.41 Å². The van der Waals surface area contributed by atoms with Crippen molar-refractivity contribution in [2.75, 3.05) is 13.1 Å². The lowest BCUT2D eigenvalue weighted by Gasteiger charge is -2.56. The molecule has 4 fully saturated rings. The number of carbonyl (C=O) groups is 3. The molecule has 0 aromatic heterocycles. The molecule has 0 aromatic carbocycles. The monoisotopic (exact) mass is 307 g/mol. The molecule has 22 heavy (non-hydrogen) atoms. The van der Waals surface area contributed by atoms with Crippen LogP contribution in [0.4, 0.5) is 0 Å². The minimum absolute atomic E-state index is 0.202. The summed E-state index contributed by atoms with van der Waals surface area (Å²) < 4.78 is 0. The van der Waals surface area contributed by atoms with Crippen molar-refractivity contribution in [1.29, 1.82) is 0 Å². The van der Waals surface area contributed by atoms with Crippen molar-refractivity contribution in [3.8, 4) is 0 Å². The second-order valence-electron chi connectivity index (χ2n) is 7.40. The van der Waals surface area contributed by atoms with E-state index in [9.17, 15) is 14.4 Å². The summed E-state index contributed by atoms with van der Waals surface area (Å²) in [5.41, 5.74) is 5.18. The Balaban J connectivity index is 1.63. The molecular formula is C16H25N3O3. The molecule has 6 nitrogen and oxygen atoms in total. The van der Waals surface area contributed by atoms with Crippen molar-refractivity contribution in [2.24, 2.45) is 23.5 Å². The topological polar surface area (TPSA) is 92.5 Å². The normalized spacial score (nSPS) is 35.2. The molecule has 0 radical (unpaired) electrons. The van der Waals surface area contributed by atoms with E-state index in [2.05, 4.69) is 5.32 Å². The van der Waals surface area contributed by atoms with E-state index in [-0.39, 0.29) is 12.1 Å². The van der Waals surface area contributed by atoms with E-state index in [4.69, 9.17) is 5.73 Å². The summed E-state index contributed by atoms with van der Waals surface area (Å²) >= 11 is 0. The maximum Gasteiger partial charge on any atom is 0.318 e. The van der Waals surface area contributed by atoms with Crippen LogP contribution in [0.5, 0.6) is 0 Å². The van der Waals surface area contributed by atoms with Crippen molar-refractivity contribution >= 4 is 18.2 Å². The van der Waals surface area contributed by atoms with Crippen molar-refractivity contribution in [3.63, 3.8) is 0 Å². The Bertz CT molecular complexity index is 442. The van der Waals surface area contributed by atoms with Gasteiger partial charge in [-0.25, -0.2) is 0 Å². The Labute approximate surface area is 130 Å². The number of nitrogens with one attached hydrogen (secondary N) is 1. The van der Waals surface area contributed by atoms with Crippen molar-refractivity contribution < 1.29 is 14.4 Å². The van der Waals surface area contributed by atoms with Crippen LogP contribution < -0.4 is 11.1 Å². The van der Waals surface area contributed by atoms with E-state index >= 15 is 0 Å². The number of hydrogen-bond acceptors (Lipinski definition) is 4. The Kier molecular flexibility index (Phi) is 4.21. The number of rotatable bonds is 5. The average molecular weight is 307 g/mol. The van der Waals surface area contributed by atoms with Crippen molar-refractivity contribution in [1.82, 2.24) is 10.2 Å². The van der Waals surface area contributed by atoms with Gasteiger partial charge in [-0.2, -0.15) is 0 Å². The van der Waals surface area contributed by atoms with Crippen LogP contribution in [0.25, 0.3) is 0 Å². The van der Waals surface area contributed by atoms with Gasteiger partial charge in [0, 0.05) is 12.1 Å². The zero-order valence-corrected chi connectivity index (χ0v) is 12.9. The van der Waals surface area contributed by atoms with E-state index in [0.717, 1.165) is 24.2 Å². The molecule has 0 atom stereocenters. The summed E-state index contributed by atoms with van der Waals surface area (Å²) in [4.78, 5) is 36.4. The molecule has 4 aliphatic carbocycles. The van der Waals surface area contributed by atoms with Crippen molar-refractivity contribution in [3.05, 3.63) is 0 Å². The lowest BCUT2D eigenvalue weighted by molar-refractivity contribution is -0.151. The summed E-state index contributed by atoms with van der Waals surface area (Å²) in [6.45, 7) is 0.585.